The van der Waals surface area contributed by atoms with Gasteiger partial charge in [-0.05, 0) is 49.2 Å². The number of carbonyl (C=O) groups excluding carboxylic acids is 2. The fourth-order valence-corrected chi connectivity index (χ4v) is 3.52. The van der Waals surface area contributed by atoms with Crippen LogP contribution in [0, 0.1) is 13.8 Å². The number of nitrogens with zero attached hydrogens (tertiary/aromatic N) is 3. The molecule has 3 rings (SSSR count). The highest BCUT2D eigenvalue weighted by molar-refractivity contribution is 6.31. The predicted octanol–water partition coefficient (Wildman–Crippen LogP) is 4.23. The normalized spacial score (nSPS) is 11.0. The van der Waals surface area contributed by atoms with Crippen molar-refractivity contribution in [3.8, 4) is 0 Å². The Balaban J connectivity index is 1.61. The predicted molar refractivity (Wildman–Crippen MR) is 128 cm³/mol. The highest BCUT2D eigenvalue weighted by Crippen LogP contribution is 2.20. The molecule has 1 heterocycles. The lowest BCUT2D eigenvalue weighted by Gasteiger charge is -2.10. The number of aryl methyl sites for hydroxylation is 1. The van der Waals surface area contributed by atoms with Crippen LogP contribution in [0.3, 0.4) is 0 Å². The minimum Gasteiger partial charge on any atom is -0.348 e. The smallest absolute Gasteiger partial charge is 0.253 e. The van der Waals surface area contributed by atoms with Crippen molar-refractivity contribution in [3.05, 3.63) is 93.3 Å². The van der Waals surface area contributed by atoms with Gasteiger partial charge in [0.05, 0.1) is 12.2 Å². The Morgan fingerprint density at radius 3 is 2.44 bits per heavy atom. The zero-order valence-electron chi connectivity index (χ0n) is 18.7. The minimum absolute atomic E-state index is 0.0515. The van der Waals surface area contributed by atoms with Gasteiger partial charge in [0, 0.05) is 48.6 Å². The summed E-state index contributed by atoms with van der Waals surface area (Å²) in [5.41, 5.74) is 5.25. The van der Waals surface area contributed by atoms with Crippen LogP contribution in [-0.4, -0.2) is 40.6 Å². The average molecular weight is 451 g/mol. The molecule has 32 heavy (non-hydrogen) atoms. The molecule has 0 aliphatic carbocycles. The summed E-state index contributed by atoms with van der Waals surface area (Å²) in [4.78, 5) is 25.8. The van der Waals surface area contributed by atoms with Crippen molar-refractivity contribution >= 4 is 29.5 Å². The summed E-state index contributed by atoms with van der Waals surface area (Å²) >= 11 is 6.27. The van der Waals surface area contributed by atoms with Crippen LogP contribution in [0.5, 0.6) is 0 Å². The van der Waals surface area contributed by atoms with Gasteiger partial charge in [0.2, 0.25) is 5.91 Å². The zero-order chi connectivity index (χ0) is 23.3. The van der Waals surface area contributed by atoms with Crippen LogP contribution < -0.4 is 5.32 Å². The summed E-state index contributed by atoms with van der Waals surface area (Å²) in [7, 11) is 3.43. The first-order valence-electron chi connectivity index (χ1n) is 10.3. The Morgan fingerprint density at radius 2 is 1.78 bits per heavy atom. The number of carbonyl (C=O) groups is 2. The third-order valence-corrected chi connectivity index (χ3v) is 5.56. The van der Waals surface area contributed by atoms with Crippen molar-refractivity contribution in [1.29, 1.82) is 0 Å². The first-order valence-corrected chi connectivity index (χ1v) is 10.7. The molecule has 0 radical (unpaired) electrons. The van der Waals surface area contributed by atoms with Gasteiger partial charge >= 0.3 is 0 Å². The Labute approximate surface area is 193 Å². The molecule has 1 N–H and O–H groups in total. The van der Waals surface area contributed by atoms with Crippen LogP contribution >= 0.6 is 11.6 Å². The van der Waals surface area contributed by atoms with E-state index in [0.29, 0.717) is 23.7 Å². The van der Waals surface area contributed by atoms with Gasteiger partial charge in [0.1, 0.15) is 0 Å². The number of amides is 2. The Morgan fingerprint density at radius 1 is 1.09 bits per heavy atom. The topological polar surface area (TPSA) is 67.2 Å². The number of hydrogen-bond acceptors (Lipinski definition) is 3. The highest BCUT2D eigenvalue weighted by Gasteiger charge is 2.11. The highest BCUT2D eigenvalue weighted by atomic mass is 35.5. The molecule has 0 saturated carbocycles. The average Bonchev–Trinajstić information content (AvgIpc) is 3.04. The van der Waals surface area contributed by atoms with Gasteiger partial charge in [0.15, 0.2) is 0 Å². The van der Waals surface area contributed by atoms with Gasteiger partial charge in [0.25, 0.3) is 5.91 Å². The maximum absolute atomic E-state index is 12.3. The molecule has 0 spiro atoms. The van der Waals surface area contributed by atoms with Gasteiger partial charge in [-0.3, -0.25) is 14.3 Å². The number of nitrogens with one attached hydrogen (secondary N) is 1. The van der Waals surface area contributed by atoms with E-state index in [1.807, 2.05) is 54.9 Å². The first-order chi connectivity index (χ1) is 15.3. The van der Waals surface area contributed by atoms with Gasteiger partial charge < -0.3 is 10.2 Å². The second kappa shape index (κ2) is 10.3. The molecular weight excluding hydrogens is 424 g/mol. The molecule has 0 bridgehead atoms. The summed E-state index contributed by atoms with van der Waals surface area (Å²) in [5.74, 6) is -0.250. The Kier molecular flexibility index (Phi) is 7.49. The van der Waals surface area contributed by atoms with E-state index in [0.717, 1.165) is 28.1 Å². The van der Waals surface area contributed by atoms with Crippen molar-refractivity contribution in [2.75, 3.05) is 14.1 Å². The van der Waals surface area contributed by atoms with Gasteiger partial charge in [-0.1, -0.05) is 41.9 Å². The summed E-state index contributed by atoms with van der Waals surface area (Å²) in [6.45, 7) is 4.84. The third kappa shape index (κ3) is 5.65. The molecule has 0 aliphatic heterocycles. The first kappa shape index (κ1) is 23.3. The second-order valence-corrected chi connectivity index (χ2v) is 8.19. The van der Waals surface area contributed by atoms with Crippen LogP contribution in [-0.2, 0) is 17.9 Å². The maximum Gasteiger partial charge on any atom is 0.253 e. The number of aromatic nitrogens is 2. The van der Waals surface area contributed by atoms with Gasteiger partial charge in [-0.15, -0.1) is 0 Å². The fourth-order valence-electron chi connectivity index (χ4n) is 3.32. The van der Waals surface area contributed by atoms with Crippen LogP contribution in [0.1, 0.15) is 38.4 Å². The molecule has 0 aliphatic rings. The van der Waals surface area contributed by atoms with Crippen LogP contribution in [0.4, 0.5) is 0 Å². The Hall–Kier alpha value is -3.38. The van der Waals surface area contributed by atoms with Crippen molar-refractivity contribution in [2.45, 2.75) is 26.9 Å². The quantitative estimate of drug-likeness (QED) is 0.547. The van der Waals surface area contributed by atoms with Gasteiger partial charge in [-0.2, -0.15) is 5.10 Å². The fraction of sp³-hybridized carbons (Fsp3) is 0.240. The van der Waals surface area contributed by atoms with E-state index in [2.05, 4.69) is 10.4 Å². The van der Waals surface area contributed by atoms with Crippen molar-refractivity contribution in [2.24, 2.45) is 0 Å². The second-order valence-electron chi connectivity index (χ2n) is 7.78. The van der Waals surface area contributed by atoms with Crippen LogP contribution in [0.25, 0.3) is 6.08 Å². The zero-order valence-corrected chi connectivity index (χ0v) is 19.5. The molecule has 166 valence electrons. The molecule has 2 aromatic carbocycles. The van der Waals surface area contributed by atoms with Gasteiger partial charge in [-0.25, -0.2) is 0 Å². The molecule has 0 unspecified atom stereocenters. The van der Waals surface area contributed by atoms with E-state index in [1.165, 1.54) is 11.0 Å². The molecule has 7 heteroatoms. The number of halogens is 1. The van der Waals surface area contributed by atoms with E-state index >= 15 is 0 Å². The Bertz CT molecular complexity index is 1150. The van der Waals surface area contributed by atoms with Crippen LogP contribution in [0.15, 0.2) is 54.6 Å². The van der Waals surface area contributed by atoms with E-state index in [-0.39, 0.29) is 11.8 Å². The molecular formula is C25H27ClN4O2. The maximum atomic E-state index is 12.3. The third-order valence-electron chi connectivity index (χ3n) is 5.19. The number of hydrogen-bond donors (Lipinski definition) is 1. The summed E-state index contributed by atoms with van der Waals surface area (Å²) in [5, 5.41) is 8.17. The van der Waals surface area contributed by atoms with Crippen molar-refractivity contribution < 1.29 is 9.59 Å². The molecule has 0 atom stereocenters. The SMILES string of the molecule is Cc1nn(Cc2ccccc2Cl)c(C)c1/C=C/C(=O)NCc1ccc(C(=O)N(C)C)cc1. The summed E-state index contributed by atoms with van der Waals surface area (Å²) < 4.78 is 1.89. The molecule has 6 nitrogen and oxygen atoms in total. The lowest BCUT2D eigenvalue weighted by atomic mass is 10.1. The van der Waals surface area contributed by atoms with Crippen LogP contribution in [0.2, 0.25) is 5.02 Å². The van der Waals surface area contributed by atoms with E-state index in [4.69, 9.17) is 11.6 Å². The lowest BCUT2D eigenvalue weighted by Crippen LogP contribution is -2.22. The van der Waals surface area contributed by atoms with E-state index in [9.17, 15) is 9.59 Å². The largest absolute Gasteiger partial charge is 0.348 e. The van der Waals surface area contributed by atoms with E-state index in [1.54, 1.807) is 32.3 Å². The van der Waals surface area contributed by atoms with Crippen molar-refractivity contribution in [3.63, 3.8) is 0 Å². The standard InChI is InChI=1S/C25H27ClN4O2/c1-17-22(18(2)30(28-17)16-21-7-5-6-8-23(21)26)13-14-24(31)27-15-19-9-11-20(12-10-19)25(32)29(3)4/h5-14H,15-16H2,1-4H3,(H,27,31)/b14-13+. The van der Waals surface area contributed by atoms with Crippen molar-refractivity contribution in [1.82, 2.24) is 20.0 Å². The summed E-state index contributed by atoms with van der Waals surface area (Å²) in [6.07, 6.45) is 3.30. The minimum atomic E-state index is -0.198. The molecule has 2 amide bonds. The summed E-state index contributed by atoms with van der Waals surface area (Å²) in [6, 6.07) is 14.9. The lowest BCUT2D eigenvalue weighted by molar-refractivity contribution is -0.116. The monoisotopic (exact) mass is 450 g/mol. The number of benzene rings is 2. The van der Waals surface area contributed by atoms with E-state index < -0.39 is 0 Å². The molecule has 0 fully saturated rings. The number of rotatable bonds is 7. The molecule has 1 aromatic heterocycles. The molecule has 0 saturated heterocycles. The molecule has 3 aromatic rings.